The Morgan fingerprint density at radius 2 is 1.15 bits per heavy atom. The van der Waals surface area contributed by atoms with Crippen molar-refractivity contribution in [3.63, 3.8) is 0 Å². The summed E-state index contributed by atoms with van der Waals surface area (Å²) < 4.78 is 66.9. The van der Waals surface area contributed by atoms with Crippen LogP contribution in [0.5, 0.6) is 0 Å². The van der Waals surface area contributed by atoms with Crippen LogP contribution < -0.4 is 0 Å². The molecule has 8 heterocycles. The zero-order chi connectivity index (χ0) is 35.4. The second-order valence-corrected chi connectivity index (χ2v) is 17.0. The molecule has 0 aliphatic carbocycles. The van der Waals surface area contributed by atoms with Gasteiger partial charge < -0.3 is 47.4 Å². The normalized spacial score (nSPS) is 46.2. The molecule has 0 aromatic heterocycles. The first-order chi connectivity index (χ1) is 26.0. The standard InChI is InChI=1S/C43H56O10/c1-43-22-40-37(19-34-30(48-40)15-14-29-33(49-34)17-31-28(47-29)13-8-16-45-31)52-42(43)21-38-39(53-43)20-36-35(50-38)18-32(46-24-27-11-6-3-7-12-27)41(51-36)25-44-23-26-9-4-2-5-10-26/h2-7,9-12,28-42H,8,13-25H2,1H3/t28-,29+,30-,31+,32-,33-,34+,35+,36-,37-,38-,39+,40+,41+,42+,43-/m0/s1. The van der Waals surface area contributed by atoms with Gasteiger partial charge in [-0.2, -0.15) is 0 Å². The molecule has 8 saturated heterocycles. The van der Waals surface area contributed by atoms with Crippen molar-refractivity contribution in [2.45, 2.75) is 182 Å². The van der Waals surface area contributed by atoms with Crippen LogP contribution in [0.2, 0.25) is 0 Å². The molecule has 0 bridgehead atoms. The molecule has 53 heavy (non-hydrogen) atoms. The Hall–Kier alpha value is -1.96. The molecular formula is C43H56O10. The van der Waals surface area contributed by atoms with Crippen LogP contribution in [-0.4, -0.2) is 110 Å². The van der Waals surface area contributed by atoms with Crippen LogP contribution in [0.1, 0.15) is 82.3 Å². The summed E-state index contributed by atoms with van der Waals surface area (Å²) in [5.41, 5.74) is 1.82. The molecule has 8 aliphatic heterocycles. The number of hydrogen-bond donors (Lipinski definition) is 0. The van der Waals surface area contributed by atoms with Gasteiger partial charge in [-0.25, -0.2) is 0 Å². The maximum absolute atomic E-state index is 7.04. The molecule has 16 atom stereocenters. The Balaban J connectivity index is 0.793. The number of benzene rings is 2. The minimum Gasteiger partial charge on any atom is -0.375 e. The Morgan fingerprint density at radius 3 is 1.92 bits per heavy atom. The van der Waals surface area contributed by atoms with E-state index >= 15 is 0 Å². The van der Waals surface area contributed by atoms with Gasteiger partial charge in [0.05, 0.1) is 111 Å². The average molecular weight is 733 g/mol. The molecule has 0 N–H and O–H groups in total. The first kappa shape index (κ1) is 35.5. The molecule has 288 valence electrons. The van der Waals surface area contributed by atoms with E-state index in [2.05, 4.69) is 31.2 Å². The lowest BCUT2D eigenvalue weighted by molar-refractivity contribution is -0.345. The van der Waals surface area contributed by atoms with Gasteiger partial charge in [-0.3, -0.25) is 0 Å². The number of hydrogen-bond acceptors (Lipinski definition) is 10. The molecule has 0 unspecified atom stereocenters. The van der Waals surface area contributed by atoms with Crippen molar-refractivity contribution >= 4 is 0 Å². The monoisotopic (exact) mass is 732 g/mol. The molecule has 2 aromatic carbocycles. The SMILES string of the molecule is C[C@]12C[C@H]3O[C@H]4CC[C@H]5O[C@H]6CCCO[C@@H]6C[C@@H]5O[C@@H]4C[C@@H]3O[C@@H]1C[C@@H]1O[C@@H]3C[C@H](OCc4ccccc4)[C@@H](COCc4ccccc4)O[C@H]3C[C@H]1O2. The predicted molar refractivity (Wildman–Crippen MR) is 192 cm³/mol. The zero-order valence-corrected chi connectivity index (χ0v) is 30.9. The average Bonchev–Trinajstić information content (AvgIpc) is 3.34. The topological polar surface area (TPSA) is 92.3 Å². The van der Waals surface area contributed by atoms with E-state index in [4.69, 9.17) is 47.4 Å². The smallest absolute Gasteiger partial charge is 0.108 e. The third-order valence-electron chi connectivity index (χ3n) is 13.4. The summed E-state index contributed by atoms with van der Waals surface area (Å²) in [6, 6.07) is 20.6. The fraction of sp³-hybridized carbons (Fsp3) is 0.721. The Kier molecular flexibility index (Phi) is 10.2. The van der Waals surface area contributed by atoms with Gasteiger partial charge in [0.25, 0.3) is 0 Å². The van der Waals surface area contributed by atoms with Gasteiger partial charge in [0.2, 0.25) is 0 Å². The highest BCUT2D eigenvalue weighted by Crippen LogP contribution is 2.49. The van der Waals surface area contributed by atoms with E-state index < -0.39 is 5.60 Å². The molecular weight excluding hydrogens is 676 g/mol. The Bertz CT molecular complexity index is 1510. The van der Waals surface area contributed by atoms with Crippen LogP contribution in [0.25, 0.3) is 0 Å². The third kappa shape index (κ3) is 7.39. The van der Waals surface area contributed by atoms with Crippen LogP contribution in [0.3, 0.4) is 0 Å². The van der Waals surface area contributed by atoms with Gasteiger partial charge in [-0.05, 0) is 43.7 Å². The minimum atomic E-state index is -0.463. The molecule has 0 spiro atoms. The van der Waals surface area contributed by atoms with Gasteiger partial charge in [-0.1, -0.05) is 60.7 Å². The highest BCUT2D eigenvalue weighted by atomic mass is 16.6. The van der Waals surface area contributed by atoms with E-state index in [0.717, 1.165) is 81.9 Å². The lowest BCUT2D eigenvalue weighted by Gasteiger charge is -2.58. The van der Waals surface area contributed by atoms with Gasteiger partial charge in [0.15, 0.2) is 0 Å². The molecule has 10 heteroatoms. The summed E-state index contributed by atoms with van der Waals surface area (Å²) in [6.45, 7) is 4.55. The summed E-state index contributed by atoms with van der Waals surface area (Å²) >= 11 is 0. The van der Waals surface area contributed by atoms with Crippen LogP contribution in [0.4, 0.5) is 0 Å². The Labute approximate surface area is 313 Å². The molecule has 0 saturated carbocycles. The van der Waals surface area contributed by atoms with Crippen LogP contribution in [0, 0.1) is 0 Å². The summed E-state index contributed by atoms with van der Waals surface area (Å²) in [7, 11) is 0. The van der Waals surface area contributed by atoms with Crippen molar-refractivity contribution in [1.29, 1.82) is 0 Å². The van der Waals surface area contributed by atoms with Crippen LogP contribution >= 0.6 is 0 Å². The summed E-state index contributed by atoms with van der Waals surface area (Å²) in [5.74, 6) is 0. The second kappa shape index (κ2) is 15.2. The first-order valence-corrected chi connectivity index (χ1v) is 20.5. The van der Waals surface area contributed by atoms with Gasteiger partial charge in [0.1, 0.15) is 6.10 Å². The van der Waals surface area contributed by atoms with Crippen molar-refractivity contribution in [2.24, 2.45) is 0 Å². The first-order valence-electron chi connectivity index (χ1n) is 20.5. The van der Waals surface area contributed by atoms with Crippen LogP contribution in [-0.2, 0) is 60.6 Å². The number of rotatable bonds is 7. The quantitative estimate of drug-likeness (QED) is 0.346. The van der Waals surface area contributed by atoms with E-state index in [1.807, 2.05) is 36.4 Å². The molecule has 8 fully saturated rings. The lowest BCUT2D eigenvalue weighted by atomic mass is 9.76. The van der Waals surface area contributed by atoms with E-state index in [-0.39, 0.29) is 91.6 Å². The van der Waals surface area contributed by atoms with Gasteiger partial charge in [-0.15, -0.1) is 0 Å². The van der Waals surface area contributed by atoms with Gasteiger partial charge >= 0.3 is 0 Å². The second-order valence-electron chi connectivity index (χ2n) is 17.0. The van der Waals surface area contributed by atoms with Crippen molar-refractivity contribution in [1.82, 2.24) is 0 Å². The highest BCUT2D eigenvalue weighted by molar-refractivity contribution is 5.15. The van der Waals surface area contributed by atoms with Crippen molar-refractivity contribution in [3.8, 4) is 0 Å². The van der Waals surface area contributed by atoms with Crippen molar-refractivity contribution in [3.05, 3.63) is 71.8 Å². The van der Waals surface area contributed by atoms with E-state index in [1.54, 1.807) is 0 Å². The van der Waals surface area contributed by atoms with E-state index in [0.29, 0.717) is 19.8 Å². The molecule has 8 aliphatic rings. The number of ether oxygens (including phenoxy) is 10. The number of fused-ring (bicyclic) bond motifs is 7. The molecule has 2 aromatic rings. The largest absolute Gasteiger partial charge is 0.375 e. The summed E-state index contributed by atoms with van der Waals surface area (Å²) in [6.07, 6.45) is 8.68. The molecule has 0 amide bonds. The van der Waals surface area contributed by atoms with Crippen molar-refractivity contribution in [2.75, 3.05) is 13.2 Å². The molecule has 0 radical (unpaired) electrons. The van der Waals surface area contributed by atoms with Crippen LogP contribution in [0.15, 0.2) is 60.7 Å². The molecule has 10 rings (SSSR count). The lowest BCUT2D eigenvalue weighted by Crippen LogP contribution is -2.68. The summed E-state index contributed by atoms with van der Waals surface area (Å²) in [4.78, 5) is 0. The van der Waals surface area contributed by atoms with E-state index in [1.165, 1.54) is 0 Å². The minimum absolute atomic E-state index is 0.000109. The maximum atomic E-state index is 7.04. The van der Waals surface area contributed by atoms with Gasteiger partial charge in [0, 0.05) is 45.1 Å². The fourth-order valence-corrected chi connectivity index (χ4v) is 10.6. The predicted octanol–water partition coefficient (Wildman–Crippen LogP) is 5.85. The summed E-state index contributed by atoms with van der Waals surface area (Å²) in [5, 5.41) is 0. The fourth-order valence-electron chi connectivity index (χ4n) is 10.6. The maximum Gasteiger partial charge on any atom is 0.108 e. The Morgan fingerprint density at radius 1 is 0.566 bits per heavy atom. The van der Waals surface area contributed by atoms with Crippen molar-refractivity contribution < 1.29 is 47.4 Å². The third-order valence-corrected chi connectivity index (χ3v) is 13.4. The highest BCUT2D eigenvalue weighted by Gasteiger charge is 2.59. The molecule has 10 nitrogen and oxygen atoms in total. The van der Waals surface area contributed by atoms with E-state index in [9.17, 15) is 0 Å². The zero-order valence-electron chi connectivity index (χ0n) is 30.9.